The Morgan fingerprint density at radius 2 is 1.84 bits per heavy atom. The van der Waals surface area contributed by atoms with E-state index in [-0.39, 0.29) is 5.82 Å². The lowest BCUT2D eigenvalue weighted by Crippen LogP contribution is -1.95. The summed E-state index contributed by atoms with van der Waals surface area (Å²) in [5.41, 5.74) is 1.84. The van der Waals surface area contributed by atoms with Crippen LogP contribution < -0.4 is 4.74 Å². The van der Waals surface area contributed by atoms with Crippen LogP contribution in [0.25, 0.3) is 10.9 Å². The van der Waals surface area contributed by atoms with Crippen molar-refractivity contribution in [1.82, 2.24) is 4.98 Å². The molecule has 0 amide bonds. The zero-order chi connectivity index (χ0) is 13.1. The molecule has 0 radical (unpaired) electrons. The zero-order valence-electron chi connectivity index (χ0n) is 10.2. The Kier molecular flexibility index (Phi) is 3.11. The Balaban J connectivity index is 1.81. The van der Waals surface area contributed by atoms with E-state index in [0.717, 1.165) is 16.5 Å². The number of rotatable bonds is 3. The van der Waals surface area contributed by atoms with Crippen LogP contribution in [-0.4, -0.2) is 4.98 Å². The second-order valence-electron chi connectivity index (χ2n) is 4.28. The van der Waals surface area contributed by atoms with E-state index in [1.54, 1.807) is 18.3 Å². The minimum atomic E-state index is -0.269. The molecule has 0 N–H and O–H groups in total. The van der Waals surface area contributed by atoms with E-state index in [1.807, 2.05) is 30.3 Å². The lowest BCUT2D eigenvalue weighted by atomic mass is 10.2. The number of nitrogens with zero attached hydrogens (tertiary/aromatic N) is 1. The van der Waals surface area contributed by atoms with Gasteiger partial charge < -0.3 is 4.74 Å². The van der Waals surface area contributed by atoms with Crippen LogP contribution in [0.5, 0.6) is 5.75 Å². The fraction of sp³-hybridized carbons (Fsp3) is 0.0625. The Morgan fingerprint density at radius 3 is 2.68 bits per heavy atom. The van der Waals surface area contributed by atoms with Crippen LogP contribution in [0.2, 0.25) is 0 Å². The van der Waals surface area contributed by atoms with Crippen molar-refractivity contribution in [2.24, 2.45) is 0 Å². The van der Waals surface area contributed by atoms with Gasteiger partial charge in [-0.15, -0.1) is 0 Å². The highest BCUT2D eigenvalue weighted by molar-refractivity contribution is 5.79. The van der Waals surface area contributed by atoms with Crippen LogP contribution in [-0.2, 0) is 6.61 Å². The second kappa shape index (κ2) is 5.06. The molecule has 19 heavy (non-hydrogen) atoms. The number of fused-ring (bicyclic) bond motifs is 1. The van der Waals surface area contributed by atoms with E-state index in [9.17, 15) is 4.39 Å². The van der Waals surface area contributed by atoms with Gasteiger partial charge in [0.25, 0.3) is 0 Å². The highest BCUT2D eigenvalue weighted by atomic mass is 19.1. The molecule has 2 aromatic carbocycles. The van der Waals surface area contributed by atoms with Crippen molar-refractivity contribution in [2.45, 2.75) is 6.61 Å². The molecule has 3 rings (SSSR count). The quantitative estimate of drug-likeness (QED) is 0.705. The molecule has 0 saturated carbocycles. The fourth-order valence-electron chi connectivity index (χ4n) is 1.90. The monoisotopic (exact) mass is 253 g/mol. The van der Waals surface area contributed by atoms with Crippen molar-refractivity contribution in [3.8, 4) is 5.75 Å². The van der Waals surface area contributed by atoms with Crippen LogP contribution in [0, 0.1) is 5.82 Å². The number of benzene rings is 2. The highest BCUT2D eigenvalue weighted by Gasteiger charge is 2.01. The van der Waals surface area contributed by atoms with Gasteiger partial charge in [0.15, 0.2) is 0 Å². The lowest BCUT2D eigenvalue weighted by molar-refractivity contribution is 0.305. The topological polar surface area (TPSA) is 22.1 Å². The van der Waals surface area contributed by atoms with Crippen molar-refractivity contribution in [1.29, 1.82) is 0 Å². The van der Waals surface area contributed by atoms with Gasteiger partial charge in [-0.3, -0.25) is 4.98 Å². The minimum Gasteiger partial charge on any atom is -0.487 e. The molecule has 1 heterocycles. The Labute approximate surface area is 110 Å². The summed E-state index contributed by atoms with van der Waals surface area (Å²) in [4.78, 5) is 4.24. The normalized spacial score (nSPS) is 10.6. The summed E-state index contributed by atoms with van der Waals surface area (Å²) in [6.45, 7) is 0.476. The molecule has 94 valence electrons. The van der Waals surface area contributed by atoms with Crippen LogP contribution >= 0.6 is 0 Å². The largest absolute Gasteiger partial charge is 0.487 e. The summed E-state index contributed by atoms with van der Waals surface area (Å²) in [7, 11) is 0. The van der Waals surface area contributed by atoms with Gasteiger partial charge in [-0.05, 0) is 29.8 Å². The number of hydrogen-bond acceptors (Lipinski definition) is 2. The van der Waals surface area contributed by atoms with Crippen LogP contribution in [0.15, 0.2) is 60.8 Å². The molecule has 0 aliphatic rings. The Bertz CT molecular complexity index is 697. The van der Waals surface area contributed by atoms with Gasteiger partial charge in [0, 0.05) is 5.39 Å². The van der Waals surface area contributed by atoms with E-state index in [1.165, 1.54) is 12.1 Å². The molecule has 0 aliphatic carbocycles. The maximum Gasteiger partial charge on any atom is 0.138 e. The average molecular weight is 253 g/mol. The SMILES string of the molecule is Fc1ccc2ncc(OCc3ccccc3)cc2c1. The zero-order valence-corrected chi connectivity index (χ0v) is 10.2. The third-order valence-corrected chi connectivity index (χ3v) is 2.87. The summed E-state index contributed by atoms with van der Waals surface area (Å²) >= 11 is 0. The van der Waals surface area contributed by atoms with Gasteiger partial charge in [0.05, 0.1) is 11.7 Å². The smallest absolute Gasteiger partial charge is 0.138 e. The maximum absolute atomic E-state index is 13.2. The summed E-state index contributed by atoms with van der Waals surface area (Å²) in [6, 6.07) is 16.2. The lowest BCUT2D eigenvalue weighted by Gasteiger charge is -2.06. The third-order valence-electron chi connectivity index (χ3n) is 2.87. The molecule has 0 aliphatic heterocycles. The van der Waals surface area contributed by atoms with Gasteiger partial charge >= 0.3 is 0 Å². The van der Waals surface area contributed by atoms with Crippen molar-refractivity contribution in [3.63, 3.8) is 0 Å². The first-order valence-corrected chi connectivity index (χ1v) is 6.03. The van der Waals surface area contributed by atoms with E-state index in [0.29, 0.717) is 12.4 Å². The average Bonchev–Trinajstić information content (AvgIpc) is 2.46. The van der Waals surface area contributed by atoms with Gasteiger partial charge in [-0.2, -0.15) is 0 Å². The molecule has 0 spiro atoms. The van der Waals surface area contributed by atoms with E-state index >= 15 is 0 Å². The summed E-state index contributed by atoms with van der Waals surface area (Å²) < 4.78 is 18.8. The predicted octanol–water partition coefficient (Wildman–Crippen LogP) is 3.95. The number of hydrogen-bond donors (Lipinski definition) is 0. The van der Waals surface area contributed by atoms with Crippen LogP contribution in [0.3, 0.4) is 0 Å². The first kappa shape index (κ1) is 11.7. The molecule has 0 unspecified atom stereocenters. The fourth-order valence-corrected chi connectivity index (χ4v) is 1.90. The first-order valence-electron chi connectivity index (χ1n) is 6.03. The van der Waals surface area contributed by atoms with E-state index in [4.69, 9.17) is 4.74 Å². The maximum atomic E-state index is 13.2. The van der Waals surface area contributed by atoms with E-state index < -0.39 is 0 Å². The molecule has 0 bridgehead atoms. The Hall–Kier alpha value is -2.42. The van der Waals surface area contributed by atoms with Crippen molar-refractivity contribution in [3.05, 3.63) is 72.2 Å². The second-order valence-corrected chi connectivity index (χ2v) is 4.28. The van der Waals surface area contributed by atoms with Gasteiger partial charge in [-0.25, -0.2) is 4.39 Å². The van der Waals surface area contributed by atoms with Crippen LogP contribution in [0.4, 0.5) is 4.39 Å². The number of halogens is 1. The molecule has 0 fully saturated rings. The standard InChI is InChI=1S/C16H12FNO/c17-14-6-7-16-13(8-14)9-15(10-18-16)19-11-12-4-2-1-3-5-12/h1-10H,11H2. The van der Waals surface area contributed by atoms with E-state index in [2.05, 4.69) is 4.98 Å². The minimum absolute atomic E-state index is 0.269. The molecule has 0 atom stereocenters. The molecular weight excluding hydrogens is 241 g/mol. The predicted molar refractivity (Wildman–Crippen MR) is 72.5 cm³/mol. The summed E-state index contributed by atoms with van der Waals surface area (Å²) in [5.74, 6) is 0.372. The third kappa shape index (κ3) is 2.71. The summed E-state index contributed by atoms with van der Waals surface area (Å²) in [6.07, 6.45) is 1.66. The van der Waals surface area contributed by atoms with Gasteiger partial charge in [0.2, 0.25) is 0 Å². The van der Waals surface area contributed by atoms with Crippen molar-refractivity contribution in [2.75, 3.05) is 0 Å². The van der Waals surface area contributed by atoms with Crippen LogP contribution in [0.1, 0.15) is 5.56 Å². The molecule has 0 saturated heterocycles. The molecule has 3 heteroatoms. The summed E-state index contributed by atoms with van der Waals surface area (Å²) in [5, 5.41) is 0.741. The number of pyridine rings is 1. The first-order chi connectivity index (χ1) is 9.31. The Morgan fingerprint density at radius 1 is 1.00 bits per heavy atom. The number of aromatic nitrogens is 1. The molecular formula is C16H12FNO. The van der Waals surface area contributed by atoms with Crippen molar-refractivity contribution >= 4 is 10.9 Å². The van der Waals surface area contributed by atoms with Crippen molar-refractivity contribution < 1.29 is 9.13 Å². The number of ether oxygens (including phenoxy) is 1. The molecule has 1 aromatic heterocycles. The van der Waals surface area contributed by atoms with Gasteiger partial charge in [-0.1, -0.05) is 30.3 Å². The van der Waals surface area contributed by atoms with Gasteiger partial charge in [0.1, 0.15) is 18.2 Å². The highest BCUT2D eigenvalue weighted by Crippen LogP contribution is 2.20. The molecule has 2 nitrogen and oxygen atoms in total. The molecule has 3 aromatic rings.